The summed E-state index contributed by atoms with van der Waals surface area (Å²) < 4.78 is 5.67. The maximum Gasteiger partial charge on any atom is 0.247 e. The lowest BCUT2D eigenvalue weighted by atomic mass is 10.1. The lowest BCUT2D eigenvalue weighted by molar-refractivity contribution is 0.160. The van der Waals surface area contributed by atoms with Crippen LogP contribution in [0.25, 0.3) is 11.5 Å². The summed E-state index contributed by atoms with van der Waals surface area (Å²) in [6.07, 6.45) is 0. The van der Waals surface area contributed by atoms with Crippen LogP contribution in [-0.4, -0.2) is 41.3 Å². The van der Waals surface area contributed by atoms with Gasteiger partial charge in [-0.1, -0.05) is 11.6 Å². The maximum atomic E-state index is 5.85. The highest BCUT2D eigenvalue weighted by molar-refractivity contribution is 6.30. The number of hydrogen-bond donors (Lipinski definition) is 1. The van der Waals surface area contributed by atoms with Gasteiger partial charge in [-0.05, 0) is 31.3 Å². The van der Waals surface area contributed by atoms with E-state index >= 15 is 0 Å². The third kappa shape index (κ3) is 2.78. The van der Waals surface area contributed by atoms with Crippen molar-refractivity contribution in [3.63, 3.8) is 0 Å². The second-order valence-electron chi connectivity index (χ2n) is 4.74. The Balaban J connectivity index is 1.70. The molecule has 0 amide bonds. The highest BCUT2D eigenvalue weighted by atomic mass is 35.5. The predicted octanol–water partition coefficient (Wildman–Crippen LogP) is 1.79. The molecule has 1 aromatic heterocycles. The average Bonchev–Trinajstić information content (AvgIpc) is 2.76. The van der Waals surface area contributed by atoms with E-state index in [0.717, 1.165) is 18.7 Å². The number of halogens is 1. The van der Waals surface area contributed by atoms with Crippen molar-refractivity contribution in [1.29, 1.82) is 0 Å². The van der Waals surface area contributed by atoms with Gasteiger partial charge in [0.2, 0.25) is 11.8 Å². The largest absolute Gasteiger partial charge is 0.419 e. The van der Waals surface area contributed by atoms with Gasteiger partial charge in [-0.25, -0.2) is 0 Å². The normalized spacial score (nSPS) is 15.7. The molecule has 0 aliphatic carbocycles. The van der Waals surface area contributed by atoms with Gasteiger partial charge in [-0.3, -0.25) is 4.90 Å². The third-order valence-electron chi connectivity index (χ3n) is 3.33. The zero-order valence-electron chi connectivity index (χ0n) is 10.6. The first kappa shape index (κ1) is 12.6. The third-order valence-corrected chi connectivity index (χ3v) is 3.58. The monoisotopic (exact) mass is 278 g/mol. The summed E-state index contributed by atoms with van der Waals surface area (Å²) in [5.74, 6) is 1.17. The number of hydrogen-bond acceptors (Lipinski definition) is 5. The van der Waals surface area contributed by atoms with Crippen LogP contribution in [0.3, 0.4) is 0 Å². The van der Waals surface area contributed by atoms with Crippen LogP contribution in [0.4, 0.5) is 0 Å². The minimum atomic E-state index is 0.534. The predicted molar refractivity (Wildman–Crippen MR) is 72.9 cm³/mol. The molecule has 1 aromatic carbocycles. The molecular formula is C13H15ClN4O. The molecule has 2 aromatic rings. The van der Waals surface area contributed by atoms with E-state index in [2.05, 4.69) is 27.5 Å². The molecule has 0 bridgehead atoms. The summed E-state index contributed by atoms with van der Waals surface area (Å²) in [6.45, 7) is 2.72. The number of likely N-dealkylation sites (N-methyl/N-ethyl adjacent to an activating group) is 1. The van der Waals surface area contributed by atoms with Crippen LogP contribution in [0.5, 0.6) is 0 Å². The number of nitrogens with one attached hydrogen (secondary N) is 1. The fourth-order valence-electron chi connectivity index (χ4n) is 1.95. The van der Waals surface area contributed by atoms with Crippen LogP contribution in [0, 0.1) is 0 Å². The van der Waals surface area contributed by atoms with Gasteiger partial charge in [0.05, 0.1) is 6.54 Å². The molecule has 0 unspecified atom stereocenters. The Morgan fingerprint density at radius 2 is 2.05 bits per heavy atom. The number of nitrogens with zero attached hydrogens (tertiary/aromatic N) is 3. The van der Waals surface area contributed by atoms with Gasteiger partial charge in [0.25, 0.3) is 0 Å². The smallest absolute Gasteiger partial charge is 0.247 e. The van der Waals surface area contributed by atoms with Gasteiger partial charge in [0.15, 0.2) is 0 Å². The minimum Gasteiger partial charge on any atom is -0.419 e. The van der Waals surface area contributed by atoms with Gasteiger partial charge in [0, 0.05) is 29.7 Å². The zero-order valence-corrected chi connectivity index (χ0v) is 11.4. The summed E-state index contributed by atoms with van der Waals surface area (Å²) >= 11 is 5.85. The maximum absolute atomic E-state index is 5.85. The Labute approximate surface area is 116 Å². The fraction of sp³-hybridized carbons (Fsp3) is 0.385. The second-order valence-corrected chi connectivity index (χ2v) is 5.17. The Bertz CT molecular complexity index is 550. The van der Waals surface area contributed by atoms with Crippen LogP contribution < -0.4 is 5.32 Å². The Hall–Kier alpha value is -1.43. The van der Waals surface area contributed by atoms with Crippen molar-refractivity contribution in [2.45, 2.75) is 12.6 Å². The summed E-state index contributed by atoms with van der Waals surface area (Å²) in [5.41, 5.74) is 0.885. The first-order valence-electron chi connectivity index (χ1n) is 6.21. The van der Waals surface area contributed by atoms with Crippen molar-refractivity contribution in [3.8, 4) is 11.5 Å². The molecule has 1 aliphatic heterocycles. The van der Waals surface area contributed by atoms with Crippen molar-refractivity contribution < 1.29 is 4.42 Å². The molecule has 0 radical (unpaired) electrons. The first-order chi connectivity index (χ1) is 9.22. The number of benzene rings is 1. The van der Waals surface area contributed by atoms with E-state index in [9.17, 15) is 0 Å². The summed E-state index contributed by atoms with van der Waals surface area (Å²) in [4.78, 5) is 2.22. The molecular weight excluding hydrogens is 264 g/mol. The molecule has 1 saturated heterocycles. The molecule has 0 saturated carbocycles. The van der Waals surface area contributed by atoms with Crippen LogP contribution in [0.1, 0.15) is 5.89 Å². The minimum absolute atomic E-state index is 0.534. The Kier molecular flexibility index (Phi) is 3.50. The zero-order chi connectivity index (χ0) is 13.2. The number of aromatic nitrogens is 2. The average molecular weight is 279 g/mol. The highest BCUT2D eigenvalue weighted by Crippen LogP contribution is 2.20. The standard InChI is InChI=1S/C13H15ClN4O/c1-18(11-6-15-7-11)8-12-16-17-13(19-12)9-2-4-10(14)5-3-9/h2-5,11,15H,6-8H2,1H3. The lowest BCUT2D eigenvalue weighted by Gasteiger charge is -2.34. The molecule has 19 heavy (non-hydrogen) atoms. The van der Waals surface area contributed by atoms with Crippen molar-refractivity contribution in [1.82, 2.24) is 20.4 Å². The molecule has 1 N–H and O–H groups in total. The van der Waals surface area contributed by atoms with E-state index in [1.54, 1.807) is 0 Å². The van der Waals surface area contributed by atoms with Gasteiger partial charge in [-0.2, -0.15) is 0 Å². The van der Waals surface area contributed by atoms with E-state index in [1.807, 2.05) is 24.3 Å². The van der Waals surface area contributed by atoms with Crippen LogP contribution in [0.15, 0.2) is 28.7 Å². The SMILES string of the molecule is CN(Cc1nnc(-c2ccc(Cl)cc2)o1)C1CNC1. The van der Waals surface area contributed by atoms with Gasteiger partial charge < -0.3 is 9.73 Å². The van der Waals surface area contributed by atoms with Crippen molar-refractivity contribution in [2.75, 3.05) is 20.1 Å². The van der Waals surface area contributed by atoms with E-state index in [0.29, 0.717) is 29.4 Å². The quantitative estimate of drug-likeness (QED) is 0.924. The molecule has 2 heterocycles. The Morgan fingerprint density at radius 3 is 2.68 bits per heavy atom. The number of rotatable bonds is 4. The summed E-state index contributed by atoms with van der Waals surface area (Å²) in [5, 5.41) is 12.1. The second kappa shape index (κ2) is 5.28. The molecule has 0 spiro atoms. The van der Waals surface area contributed by atoms with E-state index in [4.69, 9.17) is 16.0 Å². The van der Waals surface area contributed by atoms with Gasteiger partial charge in [0.1, 0.15) is 0 Å². The molecule has 100 valence electrons. The lowest BCUT2D eigenvalue weighted by Crippen LogP contribution is -2.55. The van der Waals surface area contributed by atoms with Crippen molar-refractivity contribution >= 4 is 11.6 Å². The van der Waals surface area contributed by atoms with Crippen LogP contribution in [0.2, 0.25) is 5.02 Å². The van der Waals surface area contributed by atoms with Crippen molar-refractivity contribution in [2.24, 2.45) is 0 Å². The first-order valence-corrected chi connectivity index (χ1v) is 6.59. The molecule has 1 fully saturated rings. The molecule has 6 heteroatoms. The van der Waals surface area contributed by atoms with E-state index in [1.165, 1.54) is 0 Å². The topological polar surface area (TPSA) is 54.2 Å². The molecule has 3 rings (SSSR count). The van der Waals surface area contributed by atoms with E-state index in [-0.39, 0.29) is 0 Å². The van der Waals surface area contributed by atoms with E-state index < -0.39 is 0 Å². The molecule has 1 aliphatic rings. The van der Waals surface area contributed by atoms with Gasteiger partial charge in [-0.15, -0.1) is 10.2 Å². The summed E-state index contributed by atoms with van der Waals surface area (Å²) in [7, 11) is 2.07. The van der Waals surface area contributed by atoms with Crippen LogP contribution in [-0.2, 0) is 6.54 Å². The van der Waals surface area contributed by atoms with Crippen LogP contribution >= 0.6 is 11.6 Å². The fourth-order valence-corrected chi connectivity index (χ4v) is 2.08. The Morgan fingerprint density at radius 1 is 1.32 bits per heavy atom. The molecule has 5 nitrogen and oxygen atoms in total. The van der Waals surface area contributed by atoms with Crippen molar-refractivity contribution in [3.05, 3.63) is 35.2 Å². The highest BCUT2D eigenvalue weighted by Gasteiger charge is 2.23. The van der Waals surface area contributed by atoms with Gasteiger partial charge >= 0.3 is 0 Å². The molecule has 0 atom stereocenters. The summed E-state index contributed by atoms with van der Waals surface area (Å²) in [6, 6.07) is 7.93.